The van der Waals surface area contributed by atoms with Crippen LogP contribution in [-0.4, -0.2) is 47.6 Å². The monoisotopic (exact) mass is 387 g/mol. The van der Waals surface area contributed by atoms with E-state index in [1.165, 1.54) is 6.07 Å². The quantitative estimate of drug-likeness (QED) is 0.220. The second-order valence-corrected chi connectivity index (χ2v) is 6.05. The van der Waals surface area contributed by atoms with Crippen molar-refractivity contribution in [2.24, 2.45) is 10.7 Å². The highest BCUT2D eigenvalue weighted by Crippen LogP contribution is 2.17. The molecule has 3 N–H and O–H groups in total. The van der Waals surface area contributed by atoms with Gasteiger partial charge >= 0.3 is 0 Å². The van der Waals surface area contributed by atoms with Gasteiger partial charge in [0.1, 0.15) is 5.84 Å². The Morgan fingerprint density at radius 2 is 2.24 bits per heavy atom. The van der Waals surface area contributed by atoms with Crippen LogP contribution in [0, 0.1) is 10.1 Å². The zero-order valence-electron chi connectivity index (χ0n) is 13.4. The number of hydrogen-bond acceptors (Lipinski definition) is 7. The van der Waals surface area contributed by atoms with Crippen molar-refractivity contribution < 1.29 is 9.66 Å². The third kappa shape index (κ3) is 6.17. The van der Waals surface area contributed by atoms with E-state index in [0.717, 1.165) is 5.56 Å². The molecule has 0 aromatic heterocycles. The van der Waals surface area contributed by atoms with Gasteiger partial charge in [0.25, 0.3) is 5.69 Å². The third-order valence-electron chi connectivity index (χ3n) is 3.41. The largest absolute Gasteiger partial charge is 0.383 e. The van der Waals surface area contributed by atoms with Crippen LogP contribution in [0.15, 0.2) is 40.5 Å². The normalized spacial score (nSPS) is 17.2. The van der Waals surface area contributed by atoms with E-state index in [0.29, 0.717) is 37.9 Å². The van der Waals surface area contributed by atoms with Crippen LogP contribution in [-0.2, 0) is 11.3 Å². The van der Waals surface area contributed by atoms with Crippen molar-refractivity contribution in [3.05, 3.63) is 51.2 Å². The Morgan fingerprint density at radius 3 is 3.00 bits per heavy atom. The van der Waals surface area contributed by atoms with Gasteiger partial charge in [-0.2, -0.15) is 0 Å². The van der Waals surface area contributed by atoms with Crippen LogP contribution >= 0.6 is 23.2 Å². The molecule has 10 heteroatoms. The van der Waals surface area contributed by atoms with Gasteiger partial charge in [0.2, 0.25) is 0 Å². The summed E-state index contributed by atoms with van der Waals surface area (Å²) in [6, 6.07) is 6.52. The number of non-ortho nitro benzene ring substituents is 1. The fourth-order valence-electron chi connectivity index (χ4n) is 2.12. The Labute approximate surface area is 155 Å². The first kappa shape index (κ1) is 19.5. The first-order chi connectivity index (χ1) is 12.0. The lowest BCUT2D eigenvalue weighted by Crippen LogP contribution is -2.35. The SMILES string of the molecule is NC1=NC(Cl)N(CCOCCNCc2cccc([N+](=O)[O-])c2)C=C1Cl. The molecule has 8 nitrogen and oxygen atoms in total. The van der Waals surface area contributed by atoms with E-state index in [4.69, 9.17) is 33.7 Å². The number of alkyl halides is 1. The van der Waals surface area contributed by atoms with Gasteiger partial charge in [-0.25, -0.2) is 4.99 Å². The predicted octanol–water partition coefficient (Wildman–Crippen LogP) is 1.98. The first-order valence-corrected chi connectivity index (χ1v) is 8.41. The molecule has 0 radical (unpaired) electrons. The summed E-state index contributed by atoms with van der Waals surface area (Å²) in [5.74, 6) is 0.226. The van der Waals surface area contributed by atoms with Crippen molar-refractivity contribution in [3.8, 4) is 0 Å². The lowest BCUT2D eigenvalue weighted by molar-refractivity contribution is -0.384. The van der Waals surface area contributed by atoms with Gasteiger partial charge in [-0.05, 0) is 5.56 Å². The van der Waals surface area contributed by atoms with E-state index in [-0.39, 0.29) is 11.5 Å². The van der Waals surface area contributed by atoms with Crippen molar-refractivity contribution >= 4 is 34.7 Å². The number of ether oxygens (including phenoxy) is 1. The van der Waals surface area contributed by atoms with Gasteiger partial charge in [-0.1, -0.05) is 35.3 Å². The van der Waals surface area contributed by atoms with Gasteiger partial charge < -0.3 is 20.7 Å². The zero-order chi connectivity index (χ0) is 18.2. The predicted molar refractivity (Wildman–Crippen MR) is 97.5 cm³/mol. The smallest absolute Gasteiger partial charge is 0.269 e. The van der Waals surface area contributed by atoms with Crippen LogP contribution in [0.1, 0.15) is 5.56 Å². The van der Waals surface area contributed by atoms with Gasteiger partial charge in [-0.15, -0.1) is 0 Å². The van der Waals surface area contributed by atoms with Crippen molar-refractivity contribution in [1.82, 2.24) is 10.2 Å². The number of hydrogen-bond donors (Lipinski definition) is 2. The molecule has 1 unspecified atom stereocenters. The fraction of sp³-hybridized carbons (Fsp3) is 0.400. The Kier molecular flexibility index (Phi) is 7.45. The molecule has 1 heterocycles. The molecule has 0 bridgehead atoms. The molecule has 25 heavy (non-hydrogen) atoms. The summed E-state index contributed by atoms with van der Waals surface area (Å²) < 4.78 is 5.52. The first-order valence-electron chi connectivity index (χ1n) is 7.60. The Morgan fingerprint density at radius 1 is 1.44 bits per heavy atom. The molecule has 136 valence electrons. The van der Waals surface area contributed by atoms with Crippen molar-refractivity contribution in [3.63, 3.8) is 0 Å². The summed E-state index contributed by atoms with van der Waals surface area (Å²) in [4.78, 5) is 16.0. The van der Waals surface area contributed by atoms with E-state index in [1.807, 2.05) is 6.07 Å². The maximum atomic E-state index is 10.7. The molecule has 1 atom stereocenters. The fourth-order valence-corrected chi connectivity index (χ4v) is 2.56. The number of benzene rings is 1. The summed E-state index contributed by atoms with van der Waals surface area (Å²) in [6.45, 7) is 2.64. The van der Waals surface area contributed by atoms with Gasteiger partial charge in [0, 0.05) is 38.0 Å². The summed E-state index contributed by atoms with van der Waals surface area (Å²) in [5.41, 5.74) is 5.93. The molecule has 0 amide bonds. The maximum absolute atomic E-state index is 10.7. The number of rotatable bonds is 9. The molecular weight excluding hydrogens is 369 g/mol. The molecular formula is C15H19Cl2N5O3. The maximum Gasteiger partial charge on any atom is 0.269 e. The number of aliphatic imine (C=N–C) groups is 1. The number of nitro benzene ring substituents is 1. The zero-order valence-corrected chi connectivity index (χ0v) is 14.9. The minimum Gasteiger partial charge on any atom is -0.383 e. The molecule has 0 aliphatic carbocycles. The lowest BCUT2D eigenvalue weighted by Gasteiger charge is -2.26. The summed E-state index contributed by atoms with van der Waals surface area (Å²) >= 11 is 12.0. The molecule has 0 saturated carbocycles. The summed E-state index contributed by atoms with van der Waals surface area (Å²) in [7, 11) is 0. The number of nitro groups is 1. The van der Waals surface area contributed by atoms with Crippen LogP contribution in [0.2, 0.25) is 0 Å². The van der Waals surface area contributed by atoms with E-state index >= 15 is 0 Å². The van der Waals surface area contributed by atoms with Crippen LogP contribution in [0.4, 0.5) is 5.69 Å². The second-order valence-electron chi connectivity index (χ2n) is 5.26. The van der Waals surface area contributed by atoms with E-state index in [2.05, 4.69) is 10.3 Å². The van der Waals surface area contributed by atoms with E-state index < -0.39 is 10.5 Å². The van der Waals surface area contributed by atoms with Crippen LogP contribution in [0.5, 0.6) is 0 Å². The highest BCUT2D eigenvalue weighted by Gasteiger charge is 2.18. The summed E-state index contributed by atoms with van der Waals surface area (Å²) in [6.07, 6.45) is 1.64. The Hall–Kier alpha value is -1.87. The average Bonchev–Trinajstić information content (AvgIpc) is 2.58. The molecule has 0 saturated heterocycles. The average molecular weight is 388 g/mol. The minimum absolute atomic E-state index is 0.0859. The minimum atomic E-state index is -0.585. The molecule has 0 spiro atoms. The molecule has 1 aromatic rings. The molecule has 1 aliphatic rings. The van der Waals surface area contributed by atoms with E-state index in [1.54, 1.807) is 23.2 Å². The second kappa shape index (κ2) is 9.57. The van der Waals surface area contributed by atoms with Gasteiger partial charge in [0.05, 0.1) is 23.2 Å². The molecule has 1 aliphatic heterocycles. The highest BCUT2D eigenvalue weighted by atomic mass is 35.5. The topological polar surface area (TPSA) is 106 Å². The third-order valence-corrected chi connectivity index (χ3v) is 4.05. The van der Waals surface area contributed by atoms with Crippen molar-refractivity contribution in [2.45, 2.75) is 12.2 Å². The van der Waals surface area contributed by atoms with Gasteiger partial charge in [0.15, 0.2) is 5.62 Å². The lowest BCUT2D eigenvalue weighted by atomic mass is 10.2. The number of amidine groups is 1. The number of nitrogens with one attached hydrogen (secondary N) is 1. The molecule has 0 fully saturated rings. The highest BCUT2D eigenvalue weighted by molar-refractivity contribution is 6.43. The molecule has 1 aromatic carbocycles. The Bertz CT molecular complexity index is 668. The standard InChI is InChI=1S/C15H19Cl2N5O3/c16-13-10-21(15(17)20-14(13)18)5-7-25-6-4-19-9-11-2-1-3-12(8-11)22(23)24/h1-3,8,10,15,19H,4-7,9H2,(H2,18,20). The number of halogens is 2. The van der Waals surface area contributed by atoms with E-state index in [9.17, 15) is 10.1 Å². The van der Waals surface area contributed by atoms with Crippen LogP contribution in [0.25, 0.3) is 0 Å². The van der Waals surface area contributed by atoms with Crippen LogP contribution in [0.3, 0.4) is 0 Å². The summed E-state index contributed by atoms with van der Waals surface area (Å²) in [5, 5.41) is 14.2. The Balaban J connectivity index is 1.60. The van der Waals surface area contributed by atoms with Gasteiger partial charge in [-0.3, -0.25) is 10.1 Å². The number of nitrogens with zero attached hydrogens (tertiary/aromatic N) is 3. The van der Waals surface area contributed by atoms with Crippen molar-refractivity contribution in [1.29, 1.82) is 0 Å². The van der Waals surface area contributed by atoms with Crippen LogP contribution < -0.4 is 11.1 Å². The number of nitrogens with two attached hydrogens (primary N) is 1. The molecule has 2 rings (SSSR count). The van der Waals surface area contributed by atoms with Crippen molar-refractivity contribution in [2.75, 3.05) is 26.3 Å².